The molecule has 0 unspecified atom stereocenters. The summed E-state index contributed by atoms with van der Waals surface area (Å²) in [7, 11) is 0. The standard InChI is InChI=1S/C16H17NO4/c17-13-4-1-2-5-14(13)19-9-3-8-18-12-6-7-15-16(10-12)21-11-20-15/h1-2,4-7,10H,3,8-9,11,17H2. The van der Waals surface area contributed by atoms with E-state index in [9.17, 15) is 0 Å². The van der Waals surface area contributed by atoms with Gasteiger partial charge in [0.2, 0.25) is 6.79 Å². The number of hydrogen-bond donors (Lipinski definition) is 1. The van der Waals surface area contributed by atoms with Gasteiger partial charge in [-0.25, -0.2) is 0 Å². The van der Waals surface area contributed by atoms with Crippen LogP contribution in [0.25, 0.3) is 0 Å². The number of para-hydroxylation sites is 2. The summed E-state index contributed by atoms with van der Waals surface area (Å²) in [6.07, 6.45) is 0.767. The van der Waals surface area contributed by atoms with Gasteiger partial charge in [0, 0.05) is 12.5 Å². The van der Waals surface area contributed by atoms with Crippen LogP contribution in [-0.2, 0) is 0 Å². The second-order valence-corrected chi connectivity index (χ2v) is 4.60. The molecule has 0 bridgehead atoms. The molecule has 5 nitrogen and oxygen atoms in total. The Labute approximate surface area is 123 Å². The van der Waals surface area contributed by atoms with Gasteiger partial charge in [-0.15, -0.1) is 0 Å². The molecule has 0 radical (unpaired) electrons. The molecule has 0 saturated heterocycles. The van der Waals surface area contributed by atoms with Crippen molar-refractivity contribution in [2.45, 2.75) is 6.42 Å². The van der Waals surface area contributed by atoms with E-state index in [1.807, 2.05) is 42.5 Å². The molecule has 1 aliphatic heterocycles. The molecule has 2 N–H and O–H groups in total. The Bertz CT molecular complexity index is 615. The molecule has 0 saturated carbocycles. The van der Waals surface area contributed by atoms with Gasteiger partial charge in [-0.1, -0.05) is 12.1 Å². The molecule has 0 fully saturated rings. The van der Waals surface area contributed by atoms with Crippen LogP contribution in [0.5, 0.6) is 23.0 Å². The smallest absolute Gasteiger partial charge is 0.231 e. The first-order valence-electron chi connectivity index (χ1n) is 6.83. The highest BCUT2D eigenvalue weighted by atomic mass is 16.7. The lowest BCUT2D eigenvalue weighted by molar-refractivity contribution is 0.173. The lowest BCUT2D eigenvalue weighted by atomic mass is 10.3. The van der Waals surface area contributed by atoms with Gasteiger partial charge in [0.15, 0.2) is 11.5 Å². The fourth-order valence-electron chi connectivity index (χ4n) is 2.01. The Balaban J connectivity index is 1.41. The van der Waals surface area contributed by atoms with Crippen LogP contribution in [0.4, 0.5) is 5.69 Å². The third-order valence-corrected chi connectivity index (χ3v) is 3.08. The molecule has 2 aromatic carbocycles. The summed E-state index contributed by atoms with van der Waals surface area (Å²) in [5, 5.41) is 0. The number of hydrogen-bond acceptors (Lipinski definition) is 5. The second-order valence-electron chi connectivity index (χ2n) is 4.60. The van der Waals surface area contributed by atoms with Crippen LogP contribution >= 0.6 is 0 Å². The van der Waals surface area contributed by atoms with Gasteiger partial charge in [-0.2, -0.15) is 0 Å². The minimum absolute atomic E-state index is 0.269. The number of rotatable bonds is 6. The molecule has 3 rings (SSSR count). The van der Waals surface area contributed by atoms with Crippen LogP contribution in [0.1, 0.15) is 6.42 Å². The van der Waals surface area contributed by atoms with Gasteiger partial charge in [-0.3, -0.25) is 0 Å². The van der Waals surface area contributed by atoms with Crippen LogP contribution < -0.4 is 24.7 Å². The van der Waals surface area contributed by atoms with Crippen LogP contribution in [0, 0.1) is 0 Å². The molecule has 0 amide bonds. The highest BCUT2D eigenvalue weighted by molar-refractivity contribution is 5.51. The van der Waals surface area contributed by atoms with Crippen molar-refractivity contribution >= 4 is 5.69 Å². The maximum absolute atomic E-state index is 5.80. The predicted molar refractivity (Wildman–Crippen MR) is 79.0 cm³/mol. The first-order chi connectivity index (χ1) is 10.3. The number of nitrogen functional groups attached to an aromatic ring is 1. The molecular weight excluding hydrogens is 270 g/mol. The summed E-state index contributed by atoms with van der Waals surface area (Å²) in [6, 6.07) is 13.0. The van der Waals surface area contributed by atoms with E-state index in [4.69, 9.17) is 24.7 Å². The first kappa shape index (κ1) is 13.4. The largest absolute Gasteiger partial charge is 0.493 e. The van der Waals surface area contributed by atoms with Gasteiger partial charge in [0.05, 0.1) is 18.9 Å². The normalized spacial score (nSPS) is 12.2. The molecule has 2 aromatic rings. The molecule has 5 heteroatoms. The zero-order valence-electron chi connectivity index (χ0n) is 11.6. The molecule has 1 aliphatic rings. The average molecular weight is 287 g/mol. The van der Waals surface area contributed by atoms with E-state index < -0.39 is 0 Å². The van der Waals surface area contributed by atoms with E-state index >= 15 is 0 Å². The van der Waals surface area contributed by atoms with Crippen LogP contribution in [0.2, 0.25) is 0 Å². The van der Waals surface area contributed by atoms with Gasteiger partial charge in [0.1, 0.15) is 11.5 Å². The van der Waals surface area contributed by atoms with E-state index in [0.29, 0.717) is 24.7 Å². The maximum Gasteiger partial charge on any atom is 0.231 e. The fourth-order valence-corrected chi connectivity index (χ4v) is 2.01. The summed E-state index contributed by atoms with van der Waals surface area (Å²) in [4.78, 5) is 0. The lowest BCUT2D eigenvalue weighted by Crippen LogP contribution is -2.06. The number of anilines is 1. The Morgan fingerprint density at radius 2 is 1.76 bits per heavy atom. The van der Waals surface area contributed by atoms with E-state index in [2.05, 4.69) is 0 Å². The number of ether oxygens (including phenoxy) is 4. The Kier molecular flexibility index (Phi) is 4.00. The highest BCUT2D eigenvalue weighted by Gasteiger charge is 2.13. The van der Waals surface area contributed by atoms with E-state index in [-0.39, 0.29) is 6.79 Å². The van der Waals surface area contributed by atoms with Crippen LogP contribution in [-0.4, -0.2) is 20.0 Å². The van der Waals surface area contributed by atoms with Gasteiger partial charge < -0.3 is 24.7 Å². The molecule has 0 spiro atoms. The molecule has 0 aliphatic carbocycles. The SMILES string of the molecule is Nc1ccccc1OCCCOc1ccc2c(c1)OCO2. The summed E-state index contributed by atoms with van der Waals surface area (Å²) in [6.45, 7) is 1.39. The van der Waals surface area contributed by atoms with Crippen LogP contribution in [0.15, 0.2) is 42.5 Å². The van der Waals surface area contributed by atoms with Gasteiger partial charge in [0.25, 0.3) is 0 Å². The van der Waals surface area contributed by atoms with Crippen molar-refractivity contribution in [3.63, 3.8) is 0 Å². The van der Waals surface area contributed by atoms with E-state index in [1.165, 1.54) is 0 Å². The van der Waals surface area contributed by atoms with Crippen molar-refractivity contribution < 1.29 is 18.9 Å². The molecule has 110 valence electrons. The van der Waals surface area contributed by atoms with Gasteiger partial charge in [-0.05, 0) is 24.3 Å². The molecule has 0 atom stereocenters. The predicted octanol–water partition coefficient (Wildman–Crippen LogP) is 2.85. The maximum atomic E-state index is 5.80. The zero-order valence-corrected chi connectivity index (χ0v) is 11.6. The Morgan fingerprint density at radius 3 is 2.67 bits per heavy atom. The number of nitrogens with two attached hydrogens (primary N) is 1. The first-order valence-corrected chi connectivity index (χ1v) is 6.83. The fraction of sp³-hybridized carbons (Fsp3) is 0.250. The minimum atomic E-state index is 0.269. The molecule has 21 heavy (non-hydrogen) atoms. The van der Waals surface area contributed by atoms with Gasteiger partial charge >= 0.3 is 0 Å². The minimum Gasteiger partial charge on any atom is -0.493 e. The molecule has 1 heterocycles. The summed E-state index contributed by atoms with van der Waals surface area (Å²) < 4.78 is 21.8. The third-order valence-electron chi connectivity index (χ3n) is 3.08. The number of benzene rings is 2. The Hall–Kier alpha value is -2.56. The monoisotopic (exact) mass is 287 g/mol. The van der Waals surface area contributed by atoms with Crippen LogP contribution in [0.3, 0.4) is 0 Å². The van der Waals surface area contributed by atoms with Crippen molar-refractivity contribution in [3.8, 4) is 23.0 Å². The zero-order chi connectivity index (χ0) is 14.5. The van der Waals surface area contributed by atoms with Crippen molar-refractivity contribution in [1.82, 2.24) is 0 Å². The quantitative estimate of drug-likeness (QED) is 0.654. The second kappa shape index (κ2) is 6.26. The third kappa shape index (κ3) is 3.31. The molecular formula is C16H17NO4. The Morgan fingerprint density at radius 1 is 0.952 bits per heavy atom. The van der Waals surface area contributed by atoms with Crippen molar-refractivity contribution in [2.75, 3.05) is 25.7 Å². The van der Waals surface area contributed by atoms with Crippen molar-refractivity contribution in [3.05, 3.63) is 42.5 Å². The summed E-state index contributed by atoms with van der Waals surface area (Å²) >= 11 is 0. The van der Waals surface area contributed by atoms with E-state index in [0.717, 1.165) is 23.7 Å². The van der Waals surface area contributed by atoms with E-state index in [1.54, 1.807) is 0 Å². The summed E-state index contributed by atoms with van der Waals surface area (Å²) in [5.41, 5.74) is 6.44. The summed E-state index contributed by atoms with van der Waals surface area (Å²) in [5.74, 6) is 2.95. The lowest BCUT2D eigenvalue weighted by Gasteiger charge is -2.09. The highest BCUT2D eigenvalue weighted by Crippen LogP contribution is 2.35. The number of fused-ring (bicyclic) bond motifs is 1. The van der Waals surface area contributed by atoms with Crippen molar-refractivity contribution in [1.29, 1.82) is 0 Å². The molecule has 0 aromatic heterocycles. The topological polar surface area (TPSA) is 62.9 Å². The van der Waals surface area contributed by atoms with Crippen molar-refractivity contribution in [2.24, 2.45) is 0 Å². The average Bonchev–Trinajstić information content (AvgIpc) is 2.96.